The molecule has 0 unspecified atom stereocenters. The zero-order chi connectivity index (χ0) is 12.4. The maximum atomic E-state index is 4.52. The molecule has 2 aromatic rings. The summed E-state index contributed by atoms with van der Waals surface area (Å²) in [6, 6.07) is 8.08. The number of benzene rings is 1. The van der Waals surface area contributed by atoms with Crippen LogP contribution in [0.1, 0.15) is 19.3 Å². The summed E-state index contributed by atoms with van der Waals surface area (Å²) in [7, 11) is 2.36. The highest BCUT2D eigenvalue weighted by atomic mass is 15.5. The molecule has 4 heteroatoms. The first-order chi connectivity index (χ1) is 8.75. The third kappa shape index (κ3) is 2.38. The second kappa shape index (κ2) is 4.69. The fourth-order valence-corrected chi connectivity index (χ4v) is 2.83. The molecule has 2 heterocycles. The molecule has 18 heavy (non-hydrogen) atoms. The molecule has 1 saturated heterocycles. The van der Waals surface area contributed by atoms with Crippen molar-refractivity contribution in [2.75, 3.05) is 26.7 Å². The van der Waals surface area contributed by atoms with E-state index in [-0.39, 0.29) is 0 Å². The largest absolute Gasteiger partial charge is 0.324 e. The van der Waals surface area contributed by atoms with Crippen molar-refractivity contribution in [3.63, 3.8) is 0 Å². The molecule has 0 amide bonds. The third-order valence-corrected chi connectivity index (χ3v) is 4.06. The number of quaternary nitrogens is 1. The Morgan fingerprint density at radius 1 is 1.06 bits per heavy atom. The Labute approximate surface area is 108 Å². The molecule has 0 aliphatic carbocycles. The summed E-state index contributed by atoms with van der Waals surface area (Å²) in [5.74, 6) is 0. The summed E-state index contributed by atoms with van der Waals surface area (Å²) in [6.07, 6.45) is 4.13. The van der Waals surface area contributed by atoms with E-state index in [9.17, 15) is 0 Å². The molecular formula is C14H21N4+. The standard InChI is InChI=1S/C14H21N4/c1-18(10-5-2-6-11-18)12-9-17-15-13-7-3-4-8-14(13)16-17/h3-4,7-8H,2,5-6,9-12H2,1H3/q+1. The summed E-state index contributed by atoms with van der Waals surface area (Å²) in [5, 5.41) is 9.05. The highest BCUT2D eigenvalue weighted by Gasteiger charge is 2.24. The maximum absolute atomic E-state index is 4.52. The monoisotopic (exact) mass is 245 g/mol. The van der Waals surface area contributed by atoms with Crippen LogP contribution in [-0.2, 0) is 6.54 Å². The average molecular weight is 245 g/mol. The number of hydrogen-bond donors (Lipinski definition) is 0. The van der Waals surface area contributed by atoms with Crippen LogP contribution in [-0.4, -0.2) is 46.2 Å². The summed E-state index contributed by atoms with van der Waals surface area (Å²) in [4.78, 5) is 1.86. The van der Waals surface area contributed by atoms with Gasteiger partial charge in [0.05, 0.1) is 20.1 Å². The van der Waals surface area contributed by atoms with E-state index >= 15 is 0 Å². The van der Waals surface area contributed by atoms with Gasteiger partial charge < -0.3 is 4.48 Å². The van der Waals surface area contributed by atoms with Gasteiger partial charge in [0.1, 0.15) is 24.1 Å². The molecule has 1 aromatic heterocycles. The van der Waals surface area contributed by atoms with Crippen molar-refractivity contribution in [3.05, 3.63) is 24.3 Å². The van der Waals surface area contributed by atoms with Gasteiger partial charge in [-0.3, -0.25) is 0 Å². The predicted molar refractivity (Wildman–Crippen MR) is 72.2 cm³/mol. The van der Waals surface area contributed by atoms with Gasteiger partial charge >= 0.3 is 0 Å². The van der Waals surface area contributed by atoms with Crippen LogP contribution >= 0.6 is 0 Å². The van der Waals surface area contributed by atoms with Crippen LogP contribution < -0.4 is 0 Å². The summed E-state index contributed by atoms with van der Waals surface area (Å²) >= 11 is 0. The molecule has 0 atom stereocenters. The van der Waals surface area contributed by atoms with E-state index in [4.69, 9.17) is 0 Å². The number of likely N-dealkylation sites (tertiary alicyclic amines) is 1. The molecule has 0 radical (unpaired) electrons. The lowest BCUT2D eigenvalue weighted by molar-refractivity contribution is -0.914. The molecule has 0 bridgehead atoms. The topological polar surface area (TPSA) is 30.7 Å². The smallest absolute Gasteiger partial charge is 0.113 e. The number of piperidine rings is 1. The molecule has 1 aromatic carbocycles. The van der Waals surface area contributed by atoms with Crippen molar-refractivity contribution >= 4 is 11.0 Å². The van der Waals surface area contributed by atoms with Crippen molar-refractivity contribution < 1.29 is 4.48 Å². The SMILES string of the molecule is C[N+]1(CCn2nc3ccccc3n2)CCCCC1. The number of likely N-dealkylation sites (N-methyl/N-ethyl adjacent to an activating group) is 1. The second-order valence-corrected chi connectivity index (χ2v) is 5.64. The number of nitrogens with zero attached hydrogens (tertiary/aromatic N) is 4. The minimum Gasteiger partial charge on any atom is -0.324 e. The molecule has 0 N–H and O–H groups in total. The van der Waals surface area contributed by atoms with Crippen LogP contribution in [0.25, 0.3) is 11.0 Å². The molecule has 1 aliphatic rings. The first kappa shape index (κ1) is 11.7. The number of hydrogen-bond acceptors (Lipinski definition) is 2. The van der Waals surface area contributed by atoms with Gasteiger partial charge in [-0.2, -0.15) is 15.0 Å². The Morgan fingerprint density at radius 3 is 2.28 bits per heavy atom. The summed E-state index contributed by atoms with van der Waals surface area (Å²) < 4.78 is 1.18. The summed E-state index contributed by atoms with van der Waals surface area (Å²) in [5.41, 5.74) is 2.00. The second-order valence-electron chi connectivity index (χ2n) is 5.64. The number of fused-ring (bicyclic) bond motifs is 1. The maximum Gasteiger partial charge on any atom is 0.113 e. The van der Waals surface area contributed by atoms with Gasteiger partial charge in [0.2, 0.25) is 0 Å². The zero-order valence-corrected chi connectivity index (χ0v) is 11.0. The van der Waals surface area contributed by atoms with Crippen molar-refractivity contribution in [3.8, 4) is 0 Å². The first-order valence-corrected chi connectivity index (χ1v) is 6.89. The highest BCUT2D eigenvalue weighted by molar-refractivity contribution is 5.72. The van der Waals surface area contributed by atoms with Crippen LogP contribution in [0.15, 0.2) is 24.3 Å². The Balaban J connectivity index is 1.69. The van der Waals surface area contributed by atoms with E-state index in [1.165, 1.54) is 36.8 Å². The van der Waals surface area contributed by atoms with E-state index < -0.39 is 0 Å². The molecular weight excluding hydrogens is 224 g/mol. The molecule has 3 rings (SSSR count). The van der Waals surface area contributed by atoms with Crippen LogP contribution in [0.4, 0.5) is 0 Å². The van der Waals surface area contributed by atoms with Crippen molar-refractivity contribution in [1.29, 1.82) is 0 Å². The van der Waals surface area contributed by atoms with E-state index in [0.717, 1.165) is 24.1 Å². The van der Waals surface area contributed by atoms with Crippen LogP contribution in [0.2, 0.25) is 0 Å². The third-order valence-electron chi connectivity index (χ3n) is 4.06. The highest BCUT2D eigenvalue weighted by Crippen LogP contribution is 2.16. The van der Waals surface area contributed by atoms with Gasteiger partial charge in [-0.1, -0.05) is 12.1 Å². The van der Waals surface area contributed by atoms with Crippen LogP contribution in [0.5, 0.6) is 0 Å². The normalized spacial score (nSPS) is 19.2. The lowest BCUT2D eigenvalue weighted by Gasteiger charge is -2.37. The van der Waals surface area contributed by atoms with E-state index in [2.05, 4.69) is 17.2 Å². The van der Waals surface area contributed by atoms with Crippen LogP contribution in [0.3, 0.4) is 0 Å². The van der Waals surface area contributed by atoms with Gasteiger partial charge in [0.15, 0.2) is 0 Å². The van der Waals surface area contributed by atoms with E-state index in [1.54, 1.807) is 0 Å². The molecule has 0 saturated carbocycles. The van der Waals surface area contributed by atoms with Gasteiger partial charge in [0, 0.05) is 0 Å². The first-order valence-electron chi connectivity index (χ1n) is 6.89. The van der Waals surface area contributed by atoms with Gasteiger partial charge in [-0.25, -0.2) is 0 Å². The Morgan fingerprint density at radius 2 is 1.67 bits per heavy atom. The number of aromatic nitrogens is 3. The lowest BCUT2D eigenvalue weighted by atomic mass is 10.1. The van der Waals surface area contributed by atoms with E-state index in [0.29, 0.717) is 0 Å². The van der Waals surface area contributed by atoms with Gasteiger partial charge in [-0.15, -0.1) is 0 Å². The molecule has 0 spiro atoms. The van der Waals surface area contributed by atoms with Crippen LogP contribution in [0, 0.1) is 0 Å². The van der Waals surface area contributed by atoms with Crippen molar-refractivity contribution in [2.24, 2.45) is 0 Å². The zero-order valence-electron chi connectivity index (χ0n) is 11.0. The minimum atomic E-state index is 0.922. The summed E-state index contributed by atoms with van der Waals surface area (Å²) in [6.45, 7) is 4.67. The lowest BCUT2D eigenvalue weighted by Crippen LogP contribution is -2.49. The van der Waals surface area contributed by atoms with Crippen molar-refractivity contribution in [1.82, 2.24) is 15.0 Å². The molecule has 4 nitrogen and oxygen atoms in total. The van der Waals surface area contributed by atoms with Crippen molar-refractivity contribution in [2.45, 2.75) is 25.8 Å². The molecule has 1 aliphatic heterocycles. The number of rotatable bonds is 3. The van der Waals surface area contributed by atoms with E-state index in [1.807, 2.05) is 29.1 Å². The molecule has 96 valence electrons. The predicted octanol–water partition coefficient (Wildman–Crippen LogP) is 2.06. The van der Waals surface area contributed by atoms with Gasteiger partial charge in [-0.05, 0) is 31.4 Å². The Kier molecular flexibility index (Phi) is 3.04. The quantitative estimate of drug-likeness (QED) is 0.775. The fraction of sp³-hybridized carbons (Fsp3) is 0.571. The molecule has 1 fully saturated rings. The average Bonchev–Trinajstić information content (AvgIpc) is 2.80. The fourth-order valence-electron chi connectivity index (χ4n) is 2.83. The van der Waals surface area contributed by atoms with Gasteiger partial charge in [0.25, 0.3) is 0 Å². The minimum absolute atomic E-state index is 0.922. The Hall–Kier alpha value is -1.42. The Bertz CT molecular complexity index is 492.